The Hall–Kier alpha value is -0.770. The number of halogens is 2. The molecule has 82 valence electrons. The van der Waals surface area contributed by atoms with Crippen LogP contribution in [0.3, 0.4) is 0 Å². The average Bonchev–Trinajstić information content (AvgIpc) is 2.69. The Balaban J connectivity index is 2.00. The molecule has 0 bridgehead atoms. The third kappa shape index (κ3) is 2.43. The molecule has 15 heavy (non-hydrogen) atoms. The minimum atomic E-state index is -2.55. The predicted molar refractivity (Wildman–Crippen MR) is 55.6 cm³/mol. The lowest BCUT2D eigenvalue weighted by atomic mass is 9.82. The quantitative estimate of drug-likeness (QED) is 0.707. The lowest BCUT2D eigenvalue weighted by Crippen LogP contribution is -2.28. The number of thiophene rings is 1. The maximum Gasteiger partial charge on any atom is 0.248 e. The molecule has 1 nitrogen and oxygen atoms in total. The van der Waals surface area contributed by atoms with Crippen molar-refractivity contribution < 1.29 is 13.6 Å². The van der Waals surface area contributed by atoms with Gasteiger partial charge >= 0.3 is 0 Å². The molecule has 1 fully saturated rings. The summed E-state index contributed by atoms with van der Waals surface area (Å²) in [7, 11) is 0. The van der Waals surface area contributed by atoms with Crippen LogP contribution in [-0.4, -0.2) is 11.7 Å². The van der Waals surface area contributed by atoms with Gasteiger partial charge in [0.25, 0.3) is 0 Å². The van der Waals surface area contributed by atoms with Crippen LogP contribution in [-0.2, 0) is 0 Å². The molecule has 0 atom stereocenters. The van der Waals surface area contributed by atoms with Gasteiger partial charge in [0.1, 0.15) is 0 Å². The number of Topliss-reactive ketones (excluding diaryl/α,β-unsaturated/α-hetero) is 1. The summed E-state index contributed by atoms with van der Waals surface area (Å²) in [5.74, 6) is -2.71. The molecule has 0 aromatic carbocycles. The monoisotopic (exact) mass is 230 g/mol. The second-order valence-corrected chi connectivity index (χ2v) is 4.79. The highest BCUT2D eigenvalue weighted by molar-refractivity contribution is 7.08. The van der Waals surface area contributed by atoms with Crippen molar-refractivity contribution in [2.75, 3.05) is 0 Å². The number of rotatable bonds is 2. The third-order valence-corrected chi connectivity index (χ3v) is 3.58. The Morgan fingerprint density at radius 2 is 2.07 bits per heavy atom. The molecule has 1 aliphatic carbocycles. The summed E-state index contributed by atoms with van der Waals surface area (Å²) in [5, 5.41) is 3.62. The molecule has 1 aromatic heterocycles. The molecule has 1 heterocycles. The summed E-state index contributed by atoms with van der Waals surface area (Å²) in [5.41, 5.74) is 0.676. The zero-order chi connectivity index (χ0) is 10.9. The van der Waals surface area contributed by atoms with Crippen molar-refractivity contribution in [1.29, 1.82) is 0 Å². The maximum atomic E-state index is 12.9. The first kappa shape index (κ1) is 10.7. The van der Waals surface area contributed by atoms with E-state index in [1.807, 2.05) is 5.38 Å². The highest BCUT2D eigenvalue weighted by Crippen LogP contribution is 2.37. The minimum absolute atomic E-state index is 0.0340. The van der Waals surface area contributed by atoms with Crippen LogP contribution in [0.15, 0.2) is 16.8 Å². The van der Waals surface area contributed by atoms with Crippen molar-refractivity contribution in [3.05, 3.63) is 22.4 Å². The SMILES string of the molecule is O=C(c1ccsc1)C1CCC(F)(F)CC1. The molecule has 1 aliphatic rings. The van der Waals surface area contributed by atoms with E-state index in [2.05, 4.69) is 0 Å². The van der Waals surface area contributed by atoms with Crippen molar-refractivity contribution in [3.8, 4) is 0 Å². The van der Waals surface area contributed by atoms with Crippen molar-refractivity contribution in [2.45, 2.75) is 31.6 Å². The molecule has 2 rings (SSSR count). The zero-order valence-electron chi connectivity index (χ0n) is 8.21. The number of carbonyl (C=O) groups excluding carboxylic acids is 1. The van der Waals surface area contributed by atoms with Crippen LogP contribution in [0, 0.1) is 5.92 Å². The van der Waals surface area contributed by atoms with Crippen molar-refractivity contribution in [1.82, 2.24) is 0 Å². The molecule has 1 saturated carbocycles. The van der Waals surface area contributed by atoms with E-state index in [4.69, 9.17) is 0 Å². The summed E-state index contributed by atoms with van der Waals surface area (Å²) in [6, 6.07) is 1.76. The van der Waals surface area contributed by atoms with E-state index in [-0.39, 0.29) is 24.5 Å². The summed E-state index contributed by atoms with van der Waals surface area (Å²) < 4.78 is 25.7. The molecule has 4 heteroatoms. The third-order valence-electron chi connectivity index (χ3n) is 2.89. The fourth-order valence-electron chi connectivity index (χ4n) is 1.94. The van der Waals surface area contributed by atoms with Crippen LogP contribution in [0.2, 0.25) is 0 Å². The second kappa shape index (κ2) is 4.00. The summed E-state index contributed by atoms with van der Waals surface area (Å²) in [4.78, 5) is 11.8. The molecular formula is C11H12F2OS. The van der Waals surface area contributed by atoms with Crippen LogP contribution in [0.4, 0.5) is 8.78 Å². The first-order chi connectivity index (χ1) is 7.08. The van der Waals surface area contributed by atoms with Gasteiger partial charge in [-0.25, -0.2) is 8.78 Å². The summed E-state index contributed by atoms with van der Waals surface area (Å²) in [6.07, 6.45) is 0.352. The molecule has 0 N–H and O–H groups in total. The molecule has 0 aliphatic heterocycles. The Morgan fingerprint density at radius 3 is 2.60 bits per heavy atom. The number of ketones is 1. The van der Waals surface area contributed by atoms with Gasteiger partial charge in [-0.3, -0.25) is 4.79 Å². The van der Waals surface area contributed by atoms with E-state index in [9.17, 15) is 13.6 Å². The Bertz CT molecular complexity index is 335. The largest absolute Gasteiger partial charge is 0.294 e. The normalized spacial score (nSPS) is 21.5. The minimum Gasteiger partial charge on any atom is -0.294 e. The van der Waals surface area contributed by atoms with Gasteiger partial charge in [-0.1, -0.05) is 0 Å². The lowest BCUT2D eigenvalue weighted by molar-refractivity contribution is -0.0424. The van der Waals surface area contributed by atoms with E-state index < -0.39 is 5.92 Å². The van der Waals surface area contributed by atoms with Crippen molar-refractivity contribution >= 4 is 17.1 Å². The van der Waals surface area contributed by atoms with Gasteiger partial charge < -0.3 is 0 Å². The van der Waals surface area contributed by atoms with E-state index in [0.29, 0.717) is 18.4 Å². The fourth-order valence-corrected chi connectivity index (χ4v) is 2.59. The van der Waals surface area contributed by atoms with Gasteiger partial charge in [0, 0.05) is 29.7 Å². The molecule has 0 saturated heterocycles. The van der Waals surface area contributed by atoms with Gasteiger partial charge in [-0.2, -0.15) is 11.3 Å². The van der Waals surface area contributed by atoms with Crippen molar-refractivity contribution in [3.63, 3.8) is 0 Å². The maximum absolute atomic E-state index is 12.9. The molecule has 0 spiro atoms. The molecule has 1 aromatic rings. The van der Waals surface area contributed by atoms with Crippen LogP contribution in [0.25, 0.3) is 0 Å². The number of hydrogen-bond acceptors (Lipinski definition) is 2. The van der Waals surface area contributed by atoms with Crippen LogP contribution < -0.4 is 0 Å². The van der Waals surface area contributed by atoms with Gasteiger partial charge in [0.05, 0.1) is 0 Å². The molecule has 0 amide bonds. The number of hydrogen-bond donors (Lipinski definition) is 0. The highest BCUT2D eigenvalue weighted by Gasteiger charge is 2.37. The van der Waals surface area contributed by atoms with E-state index >= 15 is 0 Å². The van der Waals surface area contributed by atoms with Crippen LogP contribution >= 0.6 is 11.3 Å². The average molecular weight is 230 g/mol. The molecule has 0 unspecified atom stereocenters. The first-order valence-electron chi connectivity index (χ1n) is 5.03. The molecular weight excluding hydrogens is 218 g/mol. The first-order valence-corrected chi connectivity index (χ1v) is 5.97. The van der Waals surface area contributed by atoms with E-state index in [1.54, 1.807) is 11.4 Å². The van der Waals surface area contributed by atoms with E-state index in [0.717, 1.165) is 0 Å². The second-order valence-electron chi connectivity index (χ2n) is 4.01. The Kier molecular flexibility index (Phi) is 2.87. The van der Waals surface area contributed by atoms with Gasteiger partial charge in [-0.05, 0) is 24.3 Å². The molecule has 0 radical (unpaired) electrons. The standard InChI is InChI=1S/C11H12F2OS/c12-11(13)4-1-8(2-5-11)10(14)9-3-6-15-7-9/h3,6-8H,1-2,4-5H2. The summed E-state index contributed by atoms with van der Waals surface area (Å²) >= 11 is 1.46. The van der Waals surface area contributed by atoms with Crippen LogP contribution in [0.5, 0.6) is 0 Å². The van der Waals surface area contributed by atoms with Gasteiger partial charge in [-0.15, -0.1) is 0 Å². The highest BCUT2D eigenvalue weighted by atomic mass is 32.1. The number of alkyl halides is 2. The Labute approximate surface area is 91.1 Å². The lowest BCUT2D eigenvalue weighted by Gasteiger charge is -2.27. The number of carbonyl (C=O) groups is 1. The smallest absolute Gasteiger partial charge is 0.248 e. The van der Waals surface area contributed by atoms with Gasteiger partial charge in [0.2, 0.25) is 5.92 Å². The fraction of sp³-hybridized carbons (Fsp3) is 0.545. The van der Waals surface area contributed by atoms with Crippen LogP contribution in [0.1, 0.15) is 36.0 Å². The Morgan fingerprint density at radius 1 is 1.40 bits per heavy atom. The summed E-state index contributed by atoms with van der Waals surface area (Å²) in [6.45, 7) is 0. The van der Waals surface area contributed by atoms with Crippen molar-refractivity contribution in [2.24, 2.45) is 5.92 Å². The topological polar surface area (TPSA) is 17.1 Å². The zero-order valence-corrected chi connectivity index (χ0v) is 9.03. The predicted octanol–water partition coefficient (Wildman–Crippen LogP) is 3.76. The van der Waals surface area contributed by atoms with E-state index in [1.165, 1.54) is 11.3 Å². The van der Waals surface area contributed by atoms with Gasteiger partial charge in [0.15, 0.2) is 5.78 Å².